The molecule has 10 nitrogen and oxygen atoms in total. The molecule has 1 spiro atoms. The molecule has 3 aliphatic rings. The lowest BCUT2D eigenvalue weighted by Gasteiger charge is -2.52. The quantitative estimate of drug-likeness (QED) is 0.528. The van der Waals surface area contributed by atoms with E-state index in [-0.39, 0.29) is 24.7 Å². The van der Waals surface area contributed by atoms with Crippen LogP contribution in [0.25, 0.3) is 11.3 Å². The summed E-state index contributed by atoms with van der Waals surface area (Å²) in [5.41, 5.74) is -0.275. The first-order chi connectivity index (χ1) is 17.9. The van der Waals surface area contributed by atoms with E-state index >= 15 is 0 Å². The van der Waals surface area contributed by atoms with Gasteiger partial charge in [0.15, 0.2) is 5.82 Å². The Morgan fingerprint density at radius 1 is 1.16 bits per heavy atom. The van der Waals surface area contributed by atoms with Crippen molar-refractivity contribution in [2.75, 3.05) is 13.1 Å². The van der Waals surface area contributed by atoms with E-state index in [9.17, 15) is 14.7 Å². The van der Waals surface area contributed by atoms with E-state index in [2.05, 4.69) is 20.4 Å². The summed E-state index contributed by atoms with van der Waals surface area (Å²) < 4.78 is 6.79. The number of benzene rings is 1. The number of aliphatic hydroxyl groups is 1. The first-order valence-corrected chi connectivity index (χ1v) is 13.1. The largest absolute Gasteiger partial charge is 0.387 e. The van der Waals surface area contributed by atoms with Gasteiger partial charge in [0.1, 0.15) is 0 Å². The van der Waals surface area contributed by atoms with Gasteiger partial charge < -0.3 is 19.8 Å². The zero-order chi connectivity index (χ0) is 25.5. The third kappa shape index (κ3) is 4.66. The second-order valence-electron chi connectivity index (χ2n) is 10.8. The predicted molar refractivity (Wildman–Crippen MR) is 134 cm³/mol. The number of carbonyl (C=O) groups is 1. The lowest BCUT2D eigenvalue weighted by molar-refractivity contribution is -0.135. The standard InChI is InChI=1S/C27H32N6O4/c34-23-14-21(19-6-2-1-3-7-19)29-18-33(23)17-27(36)12-13-32(16-26(27)10-4-5-11-26)25(35)28-15-22-30-24(37-31-22)20-8-9-20/h1-3,6-7,14,18,20,36H,4-5,8-13,15-17H2,(H,28,35)/t27-/m1/s1. The molecule has 3 fully saturated rings. The van der Waals surface area contributed by atoms with Crippen LogP contribution in [0.15, 0.2) is 52.0 Å². The van der Waals surface area contributed by atoms with Gasteiger partial charge in [-0.15, -0.1) is 0 Å². The number of carbonyl (C=O) groups excluding carboxylic acids is 1. The number of piperidine rings is 1. The SMILES string of the molecule is O=C(NCc1noc(C2CC2)n1)N1CC[C@@](O)(Cn2cnc(-c3ccccc3)cc2=O)C2(CCCC2)C1. The van der Waals surface area contributed by atoms with Crippen molar-refractivity contribution >= 4 is 6.03 Å². The Kier molecular flexibility index (Phi) is 6.06. The summed E-state index contributed by atoms with van der Waals surface area (Å²) >= 11 is 0. The molecule has 2 aromatic heterocycles. The number of aromatic nitrogens is 4. The van der Waals surface area contributed by atoms with Crippen LogP contribution >= 0.6 is 0 Å². The van der Waals surface area contributed by atoms with E-state index in [1.54, 1.807) is 4.90 Å². The molecule has 3 heterocycles. The first kappa shape index (κ1) is 23.8. The normalized spacial score (nSPS) is 22.9. The highest BCUT2D eigenvalue weighted by atomic mass is 16.5. The number of hydrogen-bond acceptors (Lipinski definition) is 7. The van der Waals surface area contributed by atoms with Gasteiger partial charge in [-0.1, -0.05) is 48.3 Å². The van der Waals surface area contributed by atoms with Crippen LogP contribution in [0.3, 0.4) is 0 Å². The van der Waals surface area contributed by atoms with Crippen LogP contribution in [0.1, 0.15) is 62.6 Å². The van der Waals surface area contributed by atoms with Gasteiger partial charge in [0, 0.05) is 36.1 Å². The van der Waals surface area contributed by atoms with Crippen molar-refractivity contribution in [2.24, 2.45) is 5.41 Å². The fourth-order valence-electron chi connectivity index (χ4n) is 5.97. The van der Waals surface area contributed by atoms with Gasteiger partial charge in [-0.05, 0) is 32.1 Å². The molecule has 194 valence electrons. The summed E-state index contributed by atoms with van der Waals surface area (Å²) in [6, 6.07) is 10.9. The monoisotopic (exact) mass is 504 g/mol. The van der Waals surface area contributed by atoms with Gasteiger partial charge in [0.25, 0.3) is 5.56 Å². The second kappa shape index (κ2) is 9.41. The lowest BCUT2D eigenvalue weighted by Crippen LogP contribution is -2.63. The van der Waals surface area contributed by atoms with Crippen molar-refractivity contribution in [2.45, 2.75) is 69.6 Å². The summed E-state index contributed by atoms with van der Waals surface area (Å²) in [6.07, 6.45) is 7.68. The van der Waals surface area contributed by atoms with Crippen LogP contribution in [0.2, 0.25) is 0 Å². The smallest absolute Gasteiger partial charge is 0.317 e. The molecule has 0 unspecified atom stereocenters. The molecule has 1 aromatic carbocycles. The Balaban J connectivity index is 1.15. The Hall–Kier alpha value is -3.53. The second-order valence-corrected chi connectivity index (χ2v) is 10.8. The molecule has 1 atom stereocenters. The lowest BCUT2D eigenvalue weighted by atomic mass is 9.66. The maximum atomic E-state index is 13.0. The summed E-state index contributed by atoms with van der Waals surface area (Å²) in [5, 5.41) is 18.9. The molecule has 3 aromatic rings. The highest BCUT2D eigenvalue weighted by Crippen LogP contribution is 2.51. The third-order valence-electron chi connectivity index (χ3n) is 8.31. The van der Waals surface area contributed by atoms with Crippen molar-refractivity contribution in [1.29, 1.82) is 0 Å². The highest BCUT2D eigenvalue weighted by Gasteiger charge is 2.55. The van der Waals surface area contributed by atoms with Crippen molar-refractivity contribution in [3.63, 3.8) is 0 Å². The minimum atomic E-state index is -1.10. The zero-order valence-electron chi connectivity index (χ0n) is 20.8. The fourth-order valence-corrected chi connectivity index (χ4v) is 5.97. The molecule has 6 rings (SSSR count). The van der Waals surface area contributed by atoms with Gasteiger partial charge in [0.05, 0.1) is 30.7 Å². The molecule has 2 N–H and O–H groups in total. The Morgan fingerprint density at radius 2 is 1.95 bits per heavy atom. The van der Waals surface area contributed by atoms with Crippen molar-refractivity contribution in [3.8, 4) is 11.3 Å². The Morgan fingerprint density at radius 3 is 2.68 bits per heavy atom. The molecule has 37 heavy (non-hydrogen) atoms. The minimum Gasteiger partial charge on any atom is -0.387 e. The molecule has 0 bridgehead atoms. The van der Waals surface area contributed by atoms with E-state index in [0.717, 1.165) is 44.1 Å². The average molecular weight is 505 g/mol. The van der Waals surface area contributed by atoms with Crippen LogP contribution in [-0.2, 0) is 13.1 Å². The van der Waals surface area contributed by atoms with Gasteiger partial charge in [-0.2, -0.15) is 4.98 Å². The van der Waals surface area contributed by atoms with E-state index in [4.69, 9.17) is 4.52 Å². The number of nitrogens with one attached hydrogen (secondary N) is 1. The van der Waals surface area contributed by atoms with E-state index in [1.165, 1.54) is 17.0 Å². The zero-order valence-corrected chi connectivity index (χ0v) is 20.8. The Labute approximate surface area is 214 Å². The van der Waals surface area contributed by atoms with Gasteiger partial charge >= 0.3 is 6.03 Å². The molecule has 1 aliphatic heterocycles. The highest BCUT2D eigenvalue weighted by molar-refractivity contribution is 5.74. The minimum absolute atomic E-state index is 0.163. The van der Waals surface area contributed by atoms with Crippen molar-refractivity contribution in [1.82, 2.24) is 29.9 Å². The van der Waals surface area contributed by atoms with Crippen molar-refractivity contribution < 1.29 is 14.4 Å². The predicted octanol–water partition coefficient (Wildman–Crippen LogP) is 3.08. The summed E-state index contributed by atoms with van der Waals surface area (Å²) in [6.45, 7) is 1.21. The Bertz CT molecular complexity index is 1330. The maximum Gasteiger partial charge on any atom is 0.317 e. The van der Waals surface area contributed by atoms with Crippen LogP contribution in [-0.4, -0.2) is 54.4 Å². The summed E-state index contributed by atoms with van der Waals surface area (Å²) in [7, 11) is 0. The van der Waals surface area contributed by atoms with Crippen LogP contribution < -0.4 is 10.9 Å². The molecule has 2 aliphatic carbocycles. The van der Waals surface area contributed by atoms with E-state index in [0.29, 0.717) is 42.8 Å². The number of urea groups is 1. The molecule has 10 heteroatoms. The molecule has 2 amide bonds. The van der Waals surface area contributed by atoms with Crippen LogP contribution in [0.5, 0.6) is 0 Å². The molecule has 0 radical (unpaired) electrons. The number of amides is 2. The first-order valence-electron chi connectivity index (χ1n) is 13.1. The molecule has 2 saturated carbocycles. The molecular formula is C27H32N6O4. The average Bonchev–Trinajstić information content (AvgIpc) is 3.46. The van der Waals surface area contributed by atoms with Crippen LogP contribution in [0.4, 0.5) is 4.79 Å². The number of likely N-dealkylation sites (tertiary alicyclic amines) is 1. The van der Waals surface area contributed by atoms with E-state index in [1.807, 2.05) is 30.3 Å². The number of hydrogen-bond donors (Lipinski definition) is 2. The molecule has 1 saturated heterocycles. The van der Waals surface area contributed by atoms with Gasteiger partial charge in [-0.3, -0.25) is 9.36 Å². The van der Waals surface area contributed by atoms with Gasteiger partial charge in [-0.25, -0.2) is 9.78 Å². The summed E-state index contributed by atoms with van der Waals surface area (Å²) in [5.74, 6) is 1.50. The fraction of sp³-hybridized carbons (Fsp3) is 0.519. The maximum absolute atomic E-state index is 13.0. The van der Waals surface area contributed by atoms with Crippen LogP contribution in [0, 0.1) is 5.41 Å². The third-order valence-corrected chi connectivity index (χ3v) is 8.31. The van der Waals surface area contributed by atoms with Gasteiger partial charge in [0.2, 0.25) is 5.89 Å². The topological polar surface area (TPSA) is 126 Å². The number of nitrogens with zero attached hydrogens (tertiary/aromatic N) is 5. The van der Waals surface area contributed by atoms with E-state index < -0.39 is 11.0 Å². The summed E-state index contributed by atoms with van der Waals surface area (Å²) in [4.78, 5) is 36.7. The van der Waals surface area contributed by atoms with Crippen molar-refractivity contribution in [3.05, 3.63) is 64.8 Å². The molecular weight excluding hydrogens is 472 g/mol. The number of rotatable bonds is 6.